The van der Waals surface area contributed by atoms with E-state index in [1.54, 1.807) is 7.11 Å². The highest BCUT2D eigenvalue weighted by Crippen LogP contribution is 2.41. The maximum Gasteiger partial charge on any atom is 0.122 e. The lowest BCUT2D eigenvalue weighted by molar-refractivity contribution is -0.0552. The Morgan fingerprint density at radius 2 is 2.20 bits per heavy atom. The van der Waals surface area contributed by atoms with Gasteiger partial charge in [-0.15, -0.1) is 0 Å². The summed E-state index contributed by atoms with van der Waals surface area (Å²) < 4.78 is 5.67. The number of nitrogens with zero attached hydrogens (tertiary/aromatic N) is 2. The van der Waals surface area contributed by atoms with Crippen molar-refractivity contribution in [3.8, 4) is 6.07 Å². The van der Waals surface area contributed by atoms with Gasteiger partial charge in [-0.2, -0.15) is 5.26 Å². The van der Waals surface area contributed by atoms with Crippen LogP contribution in [0.5, 0.6) is 0 Å². The number of piperidine rings is 1. The van der Waals surface area contributed by atoms with Gasteiger partial charge in [0.05, 0.1) is 11.7 Å². The first-order valence-electron chi connectivity index (χ1n) is 7.89. The Balaban J connectivity index is 2.06. The Kier molecular flexibility index (Phi) is 4.73. The first-order chi connectivity index (χ1) is 9.43. The van der Waals surface area contributed by atoms with Crippen molar-refractivity contribution in [1.82, 2.24) is 10.2 Å². The molecule has 2 fully saturated rings. The molecule has 0 radical (unpaired) electrons. The summed E-state index contributed by atoms with van der Waals surface area (Å²) in [5.41, 5.74) is -0.430. The molecular weight excluding hydrogens is 250 g/mol. The number of ether oxygens (including phenoxy) is 1. The van der Waals surface area contributed by atoms with E-state index in [0.717, 1.165) is 32.5 Å². The number of hydrogen-bond acceptors (Lipinski definition) is 4. The highest BCUT2D eigenvalue weighted by atomic mass is 16.5. The van der Waals surface area contributed by atoms with Crippen LogP contribution in [-0.2, 0) is 4.74 Å². The van der Waals surface area contributed by atoms with Crippen molar-refractivity contribution in [2.24, 2.45) is 5.92 Å². The molecule has 0 aromatic heterocycles. The molecule has 2 atom stereocenters. The van der Waals surface area contributed by atoms with Gasteiger partial charge in [-0.3, -0.25) is 10.2 Å². The molecule has 2 rings (SSSR count). The van der Waals surface area contributed by atoms with E-state index in [4.69, 9.17) is 4.74 Å². The molecule has 1 heterocycles. The molecule has 1 N–H and O–H groups in total. The molecule has 0 bridgehead atoms. The minimum Gasteiger partial charge on any atom is -0.377 e. The Labute approximate surface area is 123 Å². The second-order valence-corrected chi connectivity index (χ2v) is 7.12. The third kappa shape index (κ3) is 3.52. The van der Waals surface area contributed by atoms with E-state index in [1.165, 1.54) is 12.8 Å². The Bertz CT molecular complexity index is 374. The second kappa shape index (κ2) is 6.01. The van der Waals surface area contributed by atoms with E-state index >= 15 is 0 Å². The van der Waals surface area contributed by atoms with Crippen molar-refractivity contribution in [1.29, 1.82) is 5.26 Å². The van der Waals surface area contributed by atoms with E-state index in [2.05, 4.69) is 37.1 Å². The highest BCUT2D eigenvalue weighted by molar-refractivity contribution is 5.17. The topological polar surface area (TPSA) is 48.3 Å². The molecule has 1 saturated carbocycles. The summed E-state index contributed by atoms with van der Waals surface area (Å²) in [6, 6.07) is 2.95. The highest BCUT2D eigenvalue weighted by Gasteiger charge is 2.48. The molecule has 0 aromatic rings. The van der Waals surface area contributed by atoms with Gasteiger partial charge in [0.1, 0.15) is 5.54 Å². The van der Waals surface area contributed by atoms with Crippen LogP contribution in [0.4, 0.5) is 0 Å². The minimum absolute atomic E-state index is 0.0547. The van der Waals surface area contributed by atoms with Crippen LogP contribution < -0.4 is 5.32 Å². The third-order valence-electron chi connectivity index (χ3n) is 4.72. The summed E-state index contributed by atoms with van der Waals surface area (Å²) in [5, 5.41) is 13.3. The van der Waals surface area contributed by atoms with E-state index < -0.39 is 0 Å². The van der Waals surface area contributed by atoms with E-state index in [9.17, 15) is 5.26 Å². The van der Waals surface area contributed by atoms with Crippen LogP contribution in [0.15, 0.2) is 0 Å². The molecule has 1 aliphatic heterocycles. The van der Waals surface area contributed by atoms with Crippen molar-refractivity contribution in [3.05, 3.63) is 0 Å². The predicted molar refractivity (Wildman–Crippen MR) is 80.4 cm³/mol. The molecule has 20 heavy (non-hydrogen) atoms. The molecule has 1 aliphatic carbocycles. The zero-order chi connectivity index (χ0) is 14.8. The largest absolute Gasteiger partial charge is 0.377 e. The van der Waals surface area contributed by atoms with Crippen LogP contribution in [0.2, 0.25) is 0 Å². The Morgan fingerprint density at radius 3 is 2.70 bits per heavy atom. The van der Waals surface area contributed by atoms with Crippen LogP contribution in [0.1, 0.15) is 46.5 Å². The molecule has 4 nitrogen and oxygen atoms in total. The van der Waals surface area contributed by atoms with Crippen LogP contribution in [0.3, 0.4) is 0 Å². The molecule has 0 aromatic carbocycles. The maximum atomic E-state index is 9.78. The molecule has 1 saturated heterocycles. The lowest BCUT2D eigenvalue weighted by Crippen LogP contribution is -2.59. The average Bonchev–Trinajstić information content (AvgIpc) is 3.22. The third-order valence-corrected chi connectivity index (χ3v) is 4.72. The van der Waals surface area contributed by atoms with Crippen molar-refractivity contribution < 1.29 is 4.74 Å². The van der Waals surface area contributed by atoms with Crippen molar-refractivity contribution in [2.75, 3.05) is 26.7 Å². The molecule has 2 aliphatic rings. The molecule has 114 valence electrons. The maximum absolute atomic E-state index is 9.78. The van der Waals surface area contributed by atoms with E-state index in [0.29, 0.717) is 12.0 Å². The fourth-order valence-corrected chi connectivity index (χ4v) is 3.50. The number of rotatable bonds is 6. The van der Waals surface area contributed by atoms with Gasteiger partial charge in [0.25, 0.3) is 0 Å². The Hall–Kier alpha value is -0.630. The van der Waals surface area contributed by atoms with Gasteiger partial charge in [0, 0.05) is 26.2 Å². The smallest absolute Gasteiger partial charge is 0.122 e. The lowest BCUT2D eigenvalue weighted by Gasteiger charge is -2.43. The Morgan fingerprint density at radius 1 is 1.50 bits per heavy atom. The molecule has 4 heteroatoms. The fraction of sp³-hybridized carbons (Fsp3) is 0.938. The zero-order valence-electron chi connectivity index (χ0n) is 13.4. The summed E-state index contributed by atoms with van der Waals surface area (Å²) >= 11 is 0. The summed E-state index contributed by atoms with van der Waals surface area (Å²) in [5.74, 6) is 0.519. The molecular formula is C16H29N3O. The van der Waals surface area contributed by atoms with Crippen LogP contribution in [0, 0.1) is 17.2 Å². The van der Waals surface area contributed by atoms with E-state index in [-0.39, 0.29) is 11.1 Å². The van der Waals surface area contributed by atoms with Crippen LogP contribution in [0.25, 0.3) is 0 Å². The van der Waals surface area contributed by atoms with Crippen molar-refractivity contribution >= 4 is 0 Å². The van der Waals surface area contributed by atoms with Gasteiger partial charge < -0.3 is 4.74 Å². The molecule has 0 amide bonds. The minimum atomic E-state index is -0.375. The van der Waals surface area contributed by atoms with Gasteiger partial charge in [-0.25, -0.2) is 0 Å². The monoisotopic (exact) mass is 279 g/mol. The van der Waals surface area contributed by atoms with Crippen LogP contribution in [-0.4, -0.2) is 48.8 Å². The van der Waals surface area contributed by atoms with Gasteiger partial charge in [0.2, 0.25) is 0 Å². The molecule has 0 spiro atoms. The fourth-order valence-electron chi connectivity index (χ4n) is 3.50. The summed E-state index contributed by atoms with van der Waals surface area (Å²) in [7, 11) is 1.80. The number of methoxy groups -OCH3 is 1. The van der Waals surface area contributed by atoms with Gasteiger partial charge in [-0.05, 0) is 58.9 Å². The first kappa shape index (κ1) is 15.8. The lowest BCUT2D eigenvalue weighted by atomic mass is 9.89. The van der Waals surface area contributed by atoms with Crippen molar-refractivity contribution in [3.63, 3.8) is 0 Å². The number of nitrogens with one attached hydrogen (secondary N) is 1. The molecule has 2 unspecified atom stereocenters. The average molecular weight is 279 g/mol. The van der Waals surface area contributed by atoms with Crippen molar-refractivity contribution in [2.45, 2.75) is 63.6 Å². The number of nitriles is 1. The van der Waals surface area contributed by atoms with Gasteiger partial charge in [-0.1, -0.05) is 0 Å². The number of likely N-dealkylation sites (tertiary alicyclic amines) is 1. The predicted octanol–water partition coefficient (Wildman–Crippen LogP) is 2.16. The van der Waals surface area contributed by atoms with Gasteiger partial charge in [0.15, 0.2) is 0 Å². The van der Waals surface area contributed by atoms with Gasteiger partial charge >= 0.3 is 0 Å². The van der Waals surface area contributed by atoms with Crippen LogP contribution >= 0.6 is 0 Å². The SMILES string of the molecule is COC1(C)CCCN(CC(C#N)(NC(C)C)C2CC2)C1. The summed E-state index contributed by atoms with van der Waals surface area (Å²) in [6.07, 6.45) is 4.63. The first-order valence-corrected chi connectivity index (χ1v) is 7.89. The quantitative estimate of drug-likeness (QED) is 0.809. The number of hydrogen-bond donors (Lipinski definition) is 1. The normalized spacial score (nSPS) is 31.0. The summed E-state index contributed by atoms with van der Waals surface area (Å²) in [4.78, 5) is 2.42. The standard InChI is InChI=1S/C16H29N3O/c1-13(2)18-16(10-17,14-6-7-14)12-19-9-5-8-15(3,11-19)20-4/h13-14,18H,5-9,11-12H2,1-4H3. The van der Waals surface area contributed by atoms with E-state index in [1.807, 2.05) is 0 Å². The second-order valence-electron chi connectivity index (χ2n) is 7.12. The summed E-state index contributed by atoms with van der Waals surface area (Å²) in [6.45, 7) is 9.27. The zero-order valence-corrected chi connectivity index (χ0v) is 13.4.